The molecule has 1 saturated heterocycles. The standard InChI is InChI=1S/C20H34N4O3.HI/c1-15-7-6-9-24(14-15)10-8-22-20(21-2)23-13-16-11-17(25-3)19(27-5)18(12-16)26-4;/h11-12,15H,6-10,13-14H2,1-5H3,(H2,21,22,23);1H. The predicted molar refractivity (Wildman–Crippen MR) is 125 cm³/mol. The highest BCUT2D eigenvalue weighted by atomic mass is 127. The molecule has 8 heteroatoms. The molecule has 0 aliphatic carbocycles. The summed E-state index contributed by atoms with van der Waals surface area (Å²) in [6, 6.07) is 3.88. The predicted octanol–water partition coefficient (Wildman–Crippen LogP) is 2.73. The van der Waals surface area contributed by atoms with Crippen molar-refractivity contribution in [1.82, 2.24) is 15.5 Å². The lowest BCUT2D eigenvalue weighted by Crippen LogP contribution is -2.43. The molecule has 28 heavy (non-hydrogen) atoms. The number of aliphatic imine (C=N–C) groups is 1. The Bertz CT molecular complexity index is 602. The number of rotatable bonds is 8. The first kappa shape index (κ1) is 24.6. The highest BCUT2D eigenvalue weighted by molar-refractivity contribution is 14.0. The van der Waals surface area contributed by atoms with Gasteiger partial charge in [0.05, 0.1) is 21.3 Å². The molecule has 1 heterocycles. The van der Waals surface area contributed by atoms with Crippen LogP contribution in [0.2, 0.25) is 0 Å². The van der Waals surface area contributed by atoms with E-state index < -0.39 is 0 Å². The minimum atomic E-state index is 0. The van der Waals surface area contributed by atoms with Gasteiger partial charge in [-0.3, -0.25) is 4.99 Å². The minimum absolute atomic E-state index is 0. The van der Waals surface area contributed by atoms with Crippen LogP contribution < -0.4 is 24.8 Å². The van der Waals surface area contributed by atoms with Gasteiger partial charge in [0, 0.05) is 33.2 Å². The number of piperidine rings is 1. The van der Waals surface area contributed by atoms with Crippen LogP contribution in [0.25, 0.3) is 0 Å². The van der Waals surface area contributed by atoms with Crippen LogP contribution in [0.4, 0.5) is 0 Å². The van der Waals surface area contributed by atoms with Crippen molar-refractivity contribution in [3.8, 4) is 17.2 Å². The summed E-state index contributed by atoms with van der Waals surface area (Å²) in [7, 11) is 6.63. The number of hydrogen-bond donors (Lipinski definition) is 2. The molecule has 1 aliphatic rings. The van der Waals surface area contributed by atoms with Gasteiger partial charge in [0.15, 0.2) is 17.5 Å². The third-order valence-corrected chi connectivity index (χ3v) is 4.87. The second-order valence-electron chi connectivity index (χ2n) is 6.93. The SMILES string of the molecule is CN=C(NCCN1CCCC(C)C1)NCc1cc(OC)c(OC)c(OC)c1.I. The molecular formula is C20H35IN4O3. The fourth-order valence-corrected chi connectivity index (χ4v) is 3.47. The average Bonchev–Trinajstić information content (AvgIpc) is 2.69. The van der Waals surface area contributed by atoms with E-state index in [4.69, 9.17) is 14.2 Å². The maximum Gasteiger partial charge on any atom is 0.203 e. The van der Waals surface area contributed by atoms with Crippen molar-refractivity contribution < 1.29 is 14.2 Å². The van der Waals surface area contributed by atoms with Crippen molar-refractivity contribution in [3.05, 3.63) is 17.7 Å². The van der Waals surface area contributed by atoms with Gasteiger partial charge in [-0.2, -0.15) is 0 Å². The third kappa shape index (κ3) is 7.20. The van der Waals surface area contributed by atoms with Gasteiger partial charge in [0.25, 0.3) is 0 Å². The van der Waals surface area contributed by atoms with Crippen LogP contribution in [-0.2, 0) is 6.54 Å². The summed E-state index contributed by atoms with van der Waals surface area (Å²) in [4.78, 5) is 6.83. The Morgan fingerprint density at radius 1 is 1.14 bits per heavy atom. The maximum atomic E-state index is 5.41. The van der Waals surface area contributed by atoms with Crippen molar-refractivity contribution in [3.63, 3.8) is 0 Å². The number of hydrogen-bond acceptors (Lipinski definition) is 5. The summed E-state index contributed by atoms with van der Waals surface area (Å²) in [5.74, 6) is 3.48. The van der Waals surface area contributed by atoms with E-state index in [1.165, 1.54) is 25.9 Å². The van der Waals surface area contributed by atoms with Crippen LogP contribution in [-0.4, -0.2) is 65.4 Å². The molecule has 1 aromatic carbocycles. The molecule has 1 aromatic rings. The molecule has 160 valence electrons. The first-order chi connectivity index (χ1) is 13.1. The summed E-state index contributed by atoms with van der Waals surface area (Å²) in [5.41, 5.74) is 1.03. The number of halogens is 1. The number of methoxy groups -OCH3 is 3. The van der Waals surface area contributed by atoms with Gasteiger partial charge in [-0.05, 0) is 43.0 Å². The molecule has 0 bridgehead atoms. The van der Waals surface area contributed by atoms with Crippen molar-refractivity contribution >= 4 is 29.9 Å². The number of nitrogens with zero attached hydrogens (tertiary/aromatic N) is 2. The molecule has 1 aliphatic heterocycles. The molecule has 1 atom stereocenters. The van der Waals surface area contributed by atoms with Gasteiger partial charge in [0.1, 0.15) is 0 Å². The monoisotopic (exact) mass is 506 g/mol. The fraction of sp³-hybridized carbons (Fsp3) is 0.650. The van der Waals surface area contributed by atoms with Crippen LogP contribution in [0.1, 0.15) is 25.3 Å². The second-order valence-corrected chi connectivity index (χ2v) is 6.93. The van der Waals surface area contributed by atoms with E-state index in [1.807, 2.05) is 12.1 Å². The van der Waals surface area contributed by atoms with Crippen LogP contribution in [0, 0.1) is 5.92 Å². The van der Waals surface area contributed by atoms with Crippen molar-refractivity contribution in [2.45, 2.75) is 26.3 Å². The smallest absolute Gasteiger partial charge is 0.203 e. The summed E-state index contributed by atoms with van der Waals surface area (Å²) >= 11 is 0. The van der Waals surface area contributed by atoms with Gasteiger partial charge >= 0.3 is 0 Å². The van der Waals surface area contributed by atoms with E-state index in [1.54, 1.807) is 28.4 Å². The maximum absolute atomic E-state index is 5.41. The van der Waals surface area contributed by atoms with Gasteiger partial charge < -0.3 is 29.7 Å². The topological polar surface area (TPSA) is 67.4 Å². The zero-order valence-electron chi connectivity index (χ0n) is 17.7. The van der Waals surface area contributed by atoms with E-state index in [0.717, 1.165) is 30.5 Å². The summed E-state index contributed by atoms with van der Waals surface area (Å²) in [6.45, 7) is 7.24. The third-order valence-electron chi connectivity index (χ3n) is 4.87. The Hall–Kier alpha value is -1.42. The van der Waals surface area contributed by atoms with Gasteiger partial charge in [-0.1, -0.05) is 6.92 Å². The van der Waals surface area contributed by atoms with E-state index >= 15 is 0 Å². The van der Waals surface area contributed by atoms with Crippen LogP contribution in [0.15, 0.2) is 17.1 Å². The van der Waals surface area contributed by atoms with Crippen molar-refractivity contribution in [1.29, 1.82) is 0 Å². The van der Waals surface area contributed by atoms with Gasteiger partial charge in [0.2, 0.25) is 5.75 Å². The quantitative estimate of drug-likeness (QED) is 0.321. The molecular weight excluding hydrogens is 471 g/mol. The Balaban J connectivity index is 0.00000392. The Morgan fingerprint density at radius 2 is 1.82 bits per heavy atom. The zero-order valence-corrected chi connectivity index (χ0v) is 20.0. The zero-order chi connectivity index (χ0) is 19.6. The van der Waals surface area contributed by atoms with Crippen molar-refractivity contribution in [2.24, 2.45) is 10.9 Å². The minimum Gasteiger partial charge on any atom is -0.493 e. The Labute approximate surface area is 186 Å². The van der Waals surface area contributed by atoms with E-state index in [0.29, 0.717) is 23.8 Å². The van der Waals surface area contributed by atoms with Crippen LogP contribution in [0.5, 0.6) is 17.2 Å². The highest BCUT2D eigenvalue weighted by Crippen LogP contribution is 2.38. The van der Waals surface area contributed by atoms with E-state index in [2.05, 4.69) is 27.4 Å². The van der Waals surface area contributed by atoms with Gasteiger partial charge in [-0.15, -0.1) is 24.0 Å². The molecule has 1 unspecified atom stereocenters. The van der Waals surface area contributed by atoms with Gasteiger partial charge in [-0.25, -0.2) is 0 Å². The molecule has 2 N–H and O–H groups in total. The Morgan fingerprint density at radius 3 is 2.36 bits per heavy atom. The second kappa shape index (κ2) is 12.9. The molecule has 7 nitrogen and oxygen atoms in total. The number of guanidine groups is 1. The van der Waals surface area contributed by atoms with Crippen molar-refractivity contribution in [2.75, 3.05) is 54.6 Å². The largest absolute Gasteiger partial charge is 0.493 e. The molecule has 0 spiro atoms. The number of benzene rings is 1. The molecule has 1 fully saturated rings. The summed E-state index contributed by atoms with van der Waals surface area (Å²) < 4.78 is 16.2. The summed E-state index contributed by atoms with van der Waals surface area (Å²) in [6.07, 6.45) is 2.65. The lowest BCUT2D eigenvalue weighted by Gasteiger charge is -2.30. The number of likely N-dealkylation sites (tertiary alicyclic amines) is 1. The lowest BCUT2D eigenvalue weighted by molar-refractivity contribution is 0.187. The molecule has 0 saturated carbocycles. The summed E-state index contributed by atoms with van der Waals surface area (Å²) in [5, 5.41) is 6.73. The average molecular weight is 506 g/mol. The first-order valence-corrected chi connectivity index (χ1v) is 9.57. The molecule has 0 aromatic heterocycles. The fourth-order valence-electron chi connectivity index (χ4n) is 3.47. The lowest BCUT2D eigenvalue weighted by atomic mass is 10.0. The van der Waals surface area contributed by atoms with Crippen LogP contribution in [0.3, 0.4) is 0 Å². The molecule has 0 radical (unpaired) electrons. The van der Waals surface area contributed by atoms with E-state index in [9.17, 15) is 0 Å². The normalized spacial score (nSPS) is 17.5. The molecule has 2 rings (SSSR count). The first-order valence-electron chi connectivity index (χ1n) is 9.57. The van der Waals surface area contributed by atoms with E-state index in [-0.39, 0.29) is 24.0 Å². The Kier molecular flexibility index (Phi) is 11.4. The molecule has 0 amide bonds. The number of ether oxygens (including phenoxy) is 3. The number of nitrogens with one attached hydrogen (secondary N) is 2. The van der Waals surface area contributed by atoms with Crippen LogP contribution >= 0.6 is 24.0 Å². The highest BCUT2D eigenvalue weighted by Gasteiger charge is 2.16.